The lowest BCUT2D eigenvalue weighted by Crippen LogP contribution is -2.45. The Morgan fingerprint density at radius 1 is 1.28 bits per heavy atom. The molecule has 0 N–H and O–H groups in total. The topological polar surface area (TPSA) is 38.7 Å². The number of thiocarbonyl (C=S) groups is 1. The molecule has 3 saturated carbocycles. The molecular weight excluding hydrogens is 330 g/mol. The lowest BCUT2D eigenvalue weighted by atomic mass is 9.61. The Morgan fingerprint density at radius 2 is 1.92 bits per heavy atom. The average molecular weight is 358 g/mol. The van der Waals surface area contributed by atoms with Crippen LogP contribution in [-0.4, -0.2) is 16.9 Å². The number of isothiocyanates is 1. The van der Waals surface area contributed by atoms with Crippen LogP contribution in [0.3, 0.4) is 0 Å². The SMILES string of the molecule is CC(CCCc1ccccc1)(N=C=S)OC(=O)C12CCC(CC1)CC2. The fraction of sp³-hybridized carbons (Fsp3) is 0.619. The summed E-state index contributed by atoms with van der Waals surface area (Å²) >= 11 is 4.81. The van der Waals surface area contributed by atoms with Crippen molar-refractivity contribution in [2.75, 3.05) is 0 Å². The third-order valence-electron chi connectivity index (χ3n) is 6.07. The van der Waals surface area contributed by atoms with Crippen molar-refractivity contribution in [3.63, 3.8) is 0 Å². The molecule has 134 valence electrons. The number of hydrogen-bond donors (Lipinski definition) is 0. The van der Waals surface area contributed by atoms with Gasteiger partial charge in [-0.15, -0.1) is 0 Å². The number of carbonyl (C=O) groups is 1. The van der Waals surface area contributed by atoms with Gasteiger partial charge >= 0.3 is 5.97 Å². The molecule has 0 radical (unpaired) electrons. The summed E-state index contributed by atoms with van der Waals surface area (Å²) in [6.45, 7) is 1.86. The number of nitrogens with zero attached hydrogens (tertiary/aromatic N) is 1. The number of aliphatic imine (C=N–C) groups is 1. The van der Waals surface area contributed by atoms with Gasteiger partial charge < -0.3 is 4.74 Å². The van der Waals surface area contributed by atoms with Crippen molar-refractivity contribution in [1.29, 1.82) is 0 Å². The highest BCUT2D eigenvalue weighted by Gasteiger charge is 2.48. The van der Waals surface area contributed by atoms with E-state index in [1.807, 2.05) is 25.1 Å². The van der Waals surface area contributed by atoms with Crippen LogP contribution in [0.2, 0.25) is 0 Å². The highest BCUT2D eigenvalue weighted by atomic mass is 32.1. The van der Waals surface area contributed by atoms with Gasteiger partial charge in [0.15, 0.2) is 0 Å². The van der Waals surface area contributed by atoms with Crippen molar-refractivity contribution in [3.05, 3.63) is 35.9 Å². The highest BCUT2D eigenvalue weighted by molar-refractivity contribution is 7.78. The van der Waals surface area contributed by atoms with Crippen LogP contribution in [0.5, 0.6) is 0 Å². The number of aryl methyl sites for hydroxylation is 1. The first-order chi connectivity index (χ1) is 12.1. The first-order valence-corrected chi connectivity index (χ1v) is 9.83. The molecule has 3 fully saturated rings. The largest absolute Gasteiger partial charge is 0.436 e. The van der Waals surface area contributed by atoms with E-state index in [0.717, 1.165) is 57.3 Å². The van der Waals surface area contributed by atoms with Crippen LogP contribution in [0, 0.1) is 11.3 Å². The number of rotatable bonds is 7. The minimum atomic E-state index is -0.892. The van der Waals surface area contributed by atoms with Crippen molar-refractivity contribution in [2.45, 2.75) is 70.4 Å². The number of benzene rings is 1. The molecule has 3 aliphatic carbocycles. The van der Waals surface area contributed by atoms with E-state index in [1.165, 1.54) is 5.56 Å². The molecule has 0 spiro atoms. The summed E-state index contributed by atoms with van der Waals surface area (Å²) in [6, 6.07) is 10.3. The standard InChI is InChI=1S/C21H27NO2S/c1-20(22-16-25,12-5-8-17-6-3-2-4-7-17)24-19(23)21-13-9-18(10-14-21)11-15-21/h2-4,6-7,18H,5,8-15H2,1H3. The van der Waals surface area contributed by atoms with Crippen LogP contribution in [0.15, 0.2) is 35.3 Å². The van der Waals surface area contributed by atoms with Crippen molar-refractivity contribution in [3.8, 4) is 0 Å². The highest BCUT2D eigenvalue weighted by Crippen LogP contribution is 2.51. The molecule has 3 nitrogen and oxygen atoms in total. The molecule has 25 heavy (non-hydrogen) atoms. The predicted octanol–water partition coefficient (Wildman–Crippen LogP) is 5.34. The fourth-order valence-electron chi connectivity index (χ4n) is 4.35. The molecule has 0 amide bonds. The van der Waals surface area contributed by atoms with Crippen LogP contribution < -0.4 is 0 Å². The monoisotopic (exact) mass is 357 g/mol. The molecular formula is C21H27NO2S. The van der Waals surface area contributed by atoms with Crippen LogP contribution in [0.4, 0.5) is 0 Å². The van der Waals surface area contributed by atoms with E-state index in [0.29, 0.717) is 6.42 Å². The van der Waals surface area contributed by atoms with Crippen molar-refractivity contribution in [2.24, 2.45) is 16.3 Å². The first kappa shape index (κ1) is 18.3. The van der Waals surface area contributed by atoms with E-state index in [1.54, 1.807) is 0 Å². The number of esters is 1. The Hall–Kier alpha value is -1.51. The number of carbonyl (C=O) groups excluding carboxylic acids is 1. The zero-order chi connectivity index (χ0) is 17.8. The molecule has 1 aromatic carbocycles. The Balaban J connectivity index is 1.61. The summed E-state index contributed by atoms with van der Waals surface area (Å²) in [5, 5.41) is 2.44. The third kappa shape index (κ3) is 4.37. The van der Waals surface area contributed by atoms with Crippen molar-refractivity contribution >= 4 is 23.3 Å². The second-order valence-corrected chi connectivity index (χ2v) is 8.05. The Labute approximate surface area is 155 Å². The van der Waals surface area contributed by atoms with E-state index in [4.69, 9.17) is 17.0 Å². The molecule has 1 atom stereocenters. The summed E-state index contributed by atoms with van der Waals surface area (Å²) < 4.78 is 5.94. The first-order valence-electron chi connectivity index (χ1n) is 9.42. The van der Waals surface area contributed by atoms with Gasteiger partial charge in [-0.2, -0.15) is 4.99 Å². The third-order valence-corrected chi connectivity index (χ3v) is 6.16. The van der Waals surface area contributed by atoms with Gasteiger partial charge in [-0.25, -0.2) is 0 Å². The molecule has 0 aliphatic heterocycles. The average Bonchev–Trinajstić information content (AvgIpc) is 2.64. The summed E-state index contributed by atoms with van der Waals surface area (Å²) in [5.41, 5.74) is 0.120. The molecule has 4 heteroatoms. The van der Waals surface area contributed by atoms with Crippen molar-refractivity contribution < 1.29 is 9.53 Å². The van der Waals surface area contributed by atoms with Gasteiger partial charge in [0.1, 0.15) is 0 Å². The van der Waals surface area contributed by atoms with Crippen molar-refractivity contribution in [1.82, 2.24) is 0 Å². The van der Waals surface area contributed by atoms with Crippen LogP contribution in [0.1, 0.15) is 63.9 Å². The zero-order valence-corrected chi connectivity index (χ0v) is 15.8. The quantitative estimate of drug-likeness (QED) is 0.375. The summed E-state index contributed by atoms with van der Waals surface area (Å²) in [4.78, 5) is 17.2. The van der Waals surface area contributed by atoms with Gasteiger partial charge in [-0.3, -0.25) is 4.79 Å². The maximum absolute atomic E-state index is 13.0. The lowest BCUT2D eigenvalue weighted by Gasteiger charge is -2.45. The van der Waals surface area contributed by atoms with Gasteiger partial charge in [0.25, 0.3) is 0 Å². The molecule has 2 bridgehead atoms. The van der Waals surface area contributed by atoms with Gasteiger partial charge in [0, 0.05) is 6.42 Å². The molecule has 0 aromatic heterocycles. The Kier molecular flexibility index (Phi) is 5.71. The Morgan fingerprint density at radius 3 is 2.52 bits per heavy atom. The van der Waals surface area contributed by atoms with E-state index < -0.39 is 5.72 Å². The number of fused-ring (bicyclic) bond motifs is 3. The fourth-order valence-corrected chi connectivity index (χ4v) is 4.55. The second-order valence-electron chi connectivity index (χ2n) is 7.87. The zero-order valence-electron chi connectivity index (χ0n) is 15.0. The van der Waals surface area contributed by atoms with Crippen LogP contribution in [-0.2, 0) is 16.0 Å². The smallest absolute Gasteiger partial charge is 0.314 e. The summed E-state index contributed by atoms with van der Waals surface area (Å²) in [5.74, 6) is 0.757. The molecule has 0 saturated heterocycles. The molecule has 3 aliphatic rings. The molecule has 4 rings (SSSR count). The molecule has 1 unspecified atom stereocenters. The second kappa shape index (κ2) is 7.80. The predicted molar refractivity (Wildman–Crippen MR) is 103 cm³/mol. The lowest BCUT2D eigenvalue weighted by molar-refractivity contribution is -0.177. The van der Waals surface area contributed by atoms with Crippen LogP contribution >= 0.6 is 12.2 Å². The normalized spacial score (nSPS) is 27.2. The number of ether oxygens (including phenoxy) is 1. The van der Waals surface area contributed by atoms with Gasteiger partial charge in [0.2, 0.25) is 5.72 Å². The van der Waals surface area contributed by atoms with Gasteiger partial charge in [0.05, 0.1) is 10.6 Å². The molecule has 0 heterocycles. The van der Waals surface area contributed by atoms with Gasteiger partial charge in [-0.1, -0.05) is 30.3 Å². The molecule has 1 aromatic rings. The summed E-state index contributed by atoms with van der Waals surface area (Å²) in [7, 11) is 0. The number of hydrogen-bond acceptors (Lipinski definition) is 4. The minimum Gasteiger partial charge on any atom is -0.436 e. The van der Waals surface area contributed by atoms with E-state index in [-0.39, 0.29) is 11.4 Å². The minimum absolute atomic E-state index is 0.0677. The Bertz CT molecular complexity index is 631. The maximum atomic E-state index is 13.0. The van der Waals surface area contributed by atoms with E-state index in [2.05, 4.69) is 22.3 Å². The van der Waals surface area contributed by atoms with E-state index in [9.17, 15) is 4.79 Å². The van der Waals surface area contributed by atoms with Crippen LogP contribution in [0.25, 0.3) is 0 Å². The van der Waals surface area contributed by atoms with Gasteiger partial charge in [-0.05, 0) is 82.0 Å². The van der Waals surface area contributed by atoms with E-state index >= 15 is 0 Å². The maximum Gasteiger partial charge on any atom is 0.314 e. The summed E-state index contributed by atoms with van der Waals surface area (Å²) in [6.07, 6.45) is 8.89.